The molecule has 39 heavy (non-hydrogen) atoms. The van der Waals surface area contributed by atoms with Crippen LogP contribution in [0.3, 0.4) is 0 Å². The number of methoxy groups -OCH3 is 2. The number of hydrogen-bond donors (Lipinski definition) is 2. The third-order valence-electron chi connectivity index (χ3n) is 6.27. The zero-order valence-electron chi connectivity index (χ0n) is 22.9. The molecule has 3 rings (SSSR count). The molecule has 0 aliphatic carbocycles. The number of allylic oxidation sites excluding steroid dienone is 1. The summed E-state index contributed by atoms with van der Waals surface area (Å²) in [6, 6.07) is 0. The molecule has 1 aromatic carbocycles. The number of likely N-dealkylation sites (N-methyl/N-ethyl adjacent to an activating group) is 1. The molecule has 1 aliphatic heterocycles. The fourth-order valence-electron chi connectivity index (χ4n) is 4.26. The second-order valence-corrected chi connectivity index (χ2v) is 10.5. The maximum absolute atomic E-state index is 13.9. The Hall–Kier alpha value is -2.69. The number of ether oxygens (including phenoxy) is 2. The molecule has 0 unspecified atom stereocenters. The van der Waals surface area contributed by atoms with Crippen LogP contribution >= 0.6 is 39.1 Å². The Balaban J connectivity index is 1.91. The van der Waals surface area contributed by atoms with Gasteiger partial charge in [-0.1, -0.05) is 49.0 Å². The number of anilines is 1. The van der Waals surface area contributed by atoms with Gasteiger partial charge in [0.15, 0.2) is 11.5 Å². The van der Waals surface area contributed by atoms with Crippen LogP contribution in [0.1, 0.15) is 39.5 Å². The Kier molecular flexibility index (Phi) is 11.6. The number of carbonyl (C=O) groups excluding carboxylic acids is 1. The fraction of sp³-hybridized carbons (Fsp3) is 0.444. The molecule has 2 heterocycles. The number of rotatable bonds is 12. The number of amides is 1. The van der Waals surface area contributed by atoms with E-state index in [4.69, 9.17) is 37.7 Å². The number of imidazole rings is 1. The molecule has 1 amide bonds. The van der Waals surface area contributed by atoms with Gasteiger partial charge in [0, 0.05) is 38.1 Å². The predicted octanol–water partition coefficient (Wildman–Crippen LogP) is 6.28. The van der Waals surface area contributed by atoms with Gasteiger partial charge < -0.3 is 29.6 Å². The van der Waals surface area contributed by atoms with Crippen LogP contribution in [0.15, 0.2) is 51.1 Å². The van der Waals surface area contributed by atoms with Crippen molar-refractivity contribution >= 4 is 56.6 Å². The molecule has 2 aromatic rings. The van der Waals surface area contributed by atoms with Crippen LogP contribution in [-0.4, -0.2) is 60.7 Å². The van der Waals surface area contributed by atoms with Crippen molar-refractivity contribution in [1.29, 1.82) is 0 Å². The smallest absolute Gasteiger partial charge is 0.257 e. The Labute approximate surface area is 248 Å². The molecule has 2 N–H and O–H groups in total. The topological polar surface area (TPSA) is 93.0 Å². The molecular weight excluding hydrogens is 607 g/mol. The average Bonchev–Trinajstić information content (AvgIpc) is 3.43. The Morgan fingerprint density at radius 2 is 1.90 bits per heavy atom. The van der Waals surface area contributed by atoms with Gasteiger partial charge in [0.1, 0.15) is 27.0 Å². The van der Waals surface area contributed by atoms with Crippen molar-refractivity contribution in [3.05, 3.63) is 56.2 Å². The van der Waals surface area contributed by atoms with Crippen LogP contribution in [0.25, 0.3) is 0 Å². The minimum atomic E-state index is -0.344. The van der Waals surface area contributed by atoms with Gasteiger partial charge in [-0.2, -0.15) is 0 Å². The SMILES string of the molecule is CCCC/C=C(/C(=O)Nc1c(Cl)c(OC)c(Br)c(OC)c1Cl)C1=C(C)C(NCCCn2ccnc2)=NCN1C. The number of nitrogens with one attached hydrogen (secondary N) is 2. The van der Waals surface area contributed by atoms with Gasteiger partial charge in [-0.15, -0.1) is 0 Å². The normalized spacial score (nSPS) is 13.9. The number of benzene rings is 1. The van der Waals surface area contributed by atoms with Crippen molar-refractivity contribution in [2.75, 3.05) is 39.8 Å². The van der Waals surface area contributed by atoms with Crippen LogP contribution in [-0.2, 0) is 11.3 Å². The monoisotopic (exact) mass is 640 g/mol. The molecule has 0 fully saturated rings. The average molecular weight is 642 g/mol. The fourth-order valence-corrected chi connectivity index (χ4v) is 5.89. The first-order chi connectivity index (χ1) is 18.7. The highest BCUT2D eigenvalue weighted by molar-refractivity contribution is 9.10. The number of nitrogens with zero attached hydrogens (tertiary/aromatic N) is 4. The maximum atomic E-state index is 13.9. The standard InChI is InChI=1S/C27H35BrCl2N6O3/c1-6-7-8-10-18(27(37)34-22-20(29)24(38-4)19(28)25(39-5)21(22)30)23-17(2)26(33-16-35(23)3)32-11-9-13-36-14-12-31-15-36/h10,12,14-15H,6-9,11,13,16H2,1-5H3,(H,32,33)(H,34,37)/b18-10+. The summed E-state index contributed by atoms with van der Waals surface area (Å²) in [6.45, 7) is 6.08. The third kappa shape index (κ3) is 7.29. The van der Waals surface area contributed by atoms with E-state index in [9.17, 15) is 4.79 Å². The molecule has 9 nitrogen and oxygen atoms in total. The second-order valence-electron chi connectivity index (χ2n) is 9.00. The summed E-state index contributed by atoms with van der Waals surface area (Å²) in [5.41, 5.74) is 2.40. The van der Waals surface area contributed by atoms with E-state index in [-0.39, 0.29) is 21.6 Å². The van der Waals surface area contributed by atoms with Gasteiger partial charge in [0.05, 0.1) is 37.5 Å². The lowest BCUT2D eigenvalue weighted by Crippen LogP contribution is -2.37. The summed E-state index contributed by atoms with van der Waals surface area (Å²) in [6.07, 6.45) is 11.1. The van der Waals surface area contributed by atoms with Crippen molar-refractivity contribution < 1.29 is 14.3 Å². The van der Waals surface area contributed by atoms with E-state index in [1.165, 1.54) is 14.2 Å². The van der Waals surface area contributed by atoms with Gasteiger partial charge >= 0.3 is 0 Å². The van der Waals surface area contributed by atoms with Gasteiger partial charge in [0.25, 0.3) is 5.91 Å². The maximum Gasteiger partial charge on any atom is 0.257 e. The lowest BCUT2D eigenvalue weighted by molar-refractivity contribution is -0.112. The lowest BCUT2D eigenvalue weighted by Gasteiger charge is -2.30. The number of aryl methyl sites for hydroxylation is 1. The number of hydrogen-bond acceptors (Lipinski definition) is 7. The molecule has 212 valence electrons. The highest BCUT2D eigenvalue weighted by Gasteiger charge is 2.28. The molecule has 1 aliphatic rings. The van der Waals surface area contributed by atoms with Crippen LogP contribution < -0.4 is 20.1 Å². The molecule has 1 aromatic heterocycles. The van der Waals surface area contributed by atoms with E-state index in [1.807, 2.05) is 35.7 Å². The number of amidine groups is 1. The van der Waals surface area contributed by atoms with Crippen molar-refractivity contribution in [3.63, 3.8) is 0 Å². The Bertz CT molecular complexity index is 1230. The van der Waals surface area contributed by atoms with Crippen LogP contribution in [0.4, 0.5) is 5.69 Å². The van der Waals surface area contributed by atoms with E-state index >= 15 is 0 Å². The van der Waals surface area contributed by atoms with Crippen molar-refractivity contribution in [2.24, 2.45) is 4.99 Å². The summed E-state index contributed by atoms with van der Waals surface area (Å²) in [5.74, 6) is 1.04. The summed E-state index contributed by atoms with van der Waals surface area (Å²) >= 11 is 16.6. The van der Waals surface area contributed by atoms with E-state index in [0.717, 1.165) is 55.9 Å². The Morgan fingerprint density at radius 1 is 1.21 bits per heavy atom. The first-order valence-corrected chi connectivity index (χ1v) is 14.3. The number of carbonyl (C=O) groups is 1. The first-order valence-electron chi connectivity index (χ1n) is 12.7. The predicted molar refractivity (Wildman–Crippen MR) is 161 cm³/mol. The van der Waals surface area contributed by atoms with Crippen molar-refractivity contribution in [2.45, 2.75) is 46.1 Å². The summed E-state index contributed by atoms with van der Waals surface area (Å²) in [7, 11) is 4.88. The summed E-state index contributed by atoms with van der Waals surface area (Å²) in [4.78, 5) is 24.6. The molecule has 0 saturated heterocycles. The van der Waals surface area contributed by atoms with E-state index in [1.54, 1.807) is 12.5 Å². The van der Waals surface area contributed by atoms with Gasteiger partial charge in [-0.25, -0.2) is 9.98 Å². The lowest BCUT2D eigenvalue weighted by atomic mass is 10.0. The zero-order chi connectivity index (χ0) is 28.5. The number of halogens is 3. The van der Waals surface area contributed by atoms with Crippen LogP contribution in [0.5, 0.6) is 11.5 Å². The molecule has 0 saturated carbocycles. The molecule has 0 atom stereocenters. The minimum Gasteiger partial charge on any atom is -0.494 e. The first kappa shape index (κ1) is 30.8. The third-order valence-corrected chi connectivity index (χ3v) is 7.71. The molecule has 12 heteroatoms. The van der Waals surface area contributed by atoms with E-state index < -0.39 is 0 Å². The Morgan fingerprint density at radius 3 is 2.49 bits per heavy atom. The van der Waals surface area contributed by atoms with Crippen molar-refractivity contribution in [3.8, 4) is 11.5 Å². The number of unbranched alkanes of at least 4 members (excludes halogenated alkanes) is 2. The second kappa shape index (κ2) is 14.6. The van der Waals surface area contributed by atoms with Gasteiger partial charge in [-0.3, -0.25) is 4.79 Å². The summed E-state index contributed by atoms with van der Waals surface area (Å²) < 4.78 is 13.4. The highest BCUT2D eigenvalue weighted by Crippen LogP contribution is 2.50. The van der Waals surface area contributed by atoms with Crippen LogP contribution in [0, 0.1) is 0 Å². The highest BCUT2D eigenvalue weighted by atomic mass is 79.9. The van der Waals surface area contributed by atoms with E-state index in [0.29, 0.717) is 28.2 Å². The van der Waals surface area contributed by atoms with Crippen LogP contribution in [0.2, 0.25) is 10.0 Å². The zero-order valence-corrected chi connectivity index (χ0v) is 26.0. The van der Waals surface area contributed by atoms with Crippen molar-refractivity contribution in [1.82, 2.24) is 19.8 Å². The number of aromatic nitrogens is 2. The quantitative estimate of drug-likeness (QED) is 0.209. The molecule has 0 spiro atoms. The van der Waals surface area contributed by atoms with E-state index in [2.05, 4.69) is 38.5 Å². The molecule has 0 radical (unpaired) electrons. The van der Waals surface area contributed by atoms with Gasteiger partial charge in [-0.05, 0) is 35.7 Å². The van der Waals surface area contributed by atoms with Gasteiger partial charge in [0.2, 0.25) is 0 Å². The largest absolute Gasteiger partial charge is 0.494 e. The molecular formula is C27H35BrCl2N6O3. The number of aliphatic imine (C=N–C) groups is 1. The minimum absolute atomic E-state index is 0.168. The summed E-state index contributed by atoms with van der Waals surface area (Å²) in [5, 5.41) is 6.70. The molecule has 0 bridgehead atoms.